The van der Waals surface area contributed by atoms with Crippen LogP contribution in [-0.4, -0.2) is 47.8 Å². The molecule has 6 N–H and O–H groups in total. The third-order valence-electron chi connectivity index (χ3n) is 5.20. The Hall–Kier alpha value is -2.16. The van der Waals surface area contributed by atoms with Crippen LogP contribution in [0.5, 0.6) is 0 Å². The minimum Gasteiger partial charge on any atom is -0.393 e. The third-order valence-corrected chi connectivity index (χ3v) is 5.20. The van der Waals surface area contributed by atoms with Crippen LogP contribution in [0.3, 0.4) is 0 Å². The highest BCUT2D eigenvalue weighted by molar-refractivity contribution is 5.93. The molecule has 0 heterocycles. The molecule has 30 heavy (non-hydrogen) atoms. The number of aliphatic hydroxyl groups is 1. The lowest BCUT2D eigenvalue weighted by Gasteiger charge is -2.25. The van der Waals surface area contributed by atoms with Gasteiger partial charge >= 0.3 is 0 Å². The maximum atomic E-state index is 14.0. The zero-order valence-corrected chi connectivity index (χ0v) is 17.9. The second-order valence-electron chi connectivity index (χ2n) is 7.94. The molecular formula is C22H34FN3O4. The summed E-state index contributed by atoms with van der Waals surface area (Å²) in [6, 6.07) is 5.30. The molecule has 0 aliphatic carbocycles. The van der Waals surface area contributed by atoms with Crippen LogP contribution in [0, 0.1) is 23.6 Å². The normalized spacial score (nSPS) is 15.3. The highest BCUT2D eigenvalue weighted by atomic mass is 19.1. The fourth-order valence-electron chi connectivity index (χ4n) is 3.30. The smallest absolute Gasteiger partial charge is 0.226 e. The summed E-state index contributed by atoms with van der Waals surface area (Å²) in [6.45, 7) is 4.97. The van der Waals surface area contributed by atoms with Crippen molar-refractivity contribution in [3.8, 4) is 0 Å². The third kappa shape index (κ3) is 7.59. The number of benzene rings is 1. The van der Waals surface area contributed by atoms with E-state index in [0.717, 1.165) is 0 Å². The molecule has 1 amide bonds. The van der Waals surface area contributed by atoms with E-state index < -0.39 is 35.7 Å². The topological polar surface area (TPSA) is 136 Å². The van der Waals surface area contributed by atoms with Gasteiger partial charge in [0.25, 0.3) is 0 Å². The summed E-state index contributed by atoms with van der Waals surface area (Å²) < 4.78 is 14.0. The van der Waals surface area contributed by atoms with E-state index in [1.165, 1.54) is 13.0 Å². The van der Waals surface area contributed by atoms with Gasteiger partial charge in [0.2, 0.25) is 5.91 Å². The molecule has 2 unspecified atom stereocenters. The molecule has 168 valence electrons. The predicted molar refractivity (Wildman–Crippen MR) is 113 cm³/mol. The molecule has 0 radical (unpaired) electrons. The van der Waals surface area contributed by atoms with Crippen molar-refractivity contribution in [2.45, 2.75) is 52.2 Å². The van der Waals surface area contributed by atoms with Crippen molar-refractivity contribution in [2.24, 2.45) is 29.2 Å². The lowest BCUT2D eigenvalue weighted by molar-refractivity contribution is -0.136. The zero-order chi connectivity index (χ0) is 22.8. The van der Waals surface area contributed by atoms with Crippen molar-refractivity contribution in [2.75, 3.05) is 13.1 Å². The molecular weight excluding hydrogens is 389 g/mol. The highest BCUT2D eigenvalue weighted by Crippen LogP contribution is 2.21. The minimum absolute atomic E-state index is 0.0771. The summed E-state index contributed by atoms with van der Waals surface area (Å²) in [5.41, 5.74) is 11.6. The predicted octanol–water partition coefficient (Wildman–Crippen LogP) is 0.958. The average Bonchev–Trinajstić information content (AvgIpc) is 2.70. The Morgan fingerprint density at radius 2 is 1.77 bits per heavy atom. The summed E-state index contributed by atoms with van der Waals surface area (Å²) in [6.07, 6.45) is -0.865. The van der Waals surface area contributed by atoms with Crippen LogP contribution in [0.1, 0.15) is 39.2 Å². The first-order chi connectivity index (χ1) is 14.1. The van der Waals surface area contributed by atoms with Gasteiger partial charge in [0.1, 0.15) is 11.6 Å². The largest absolute Gasteiger partial charge is 0.393 e. The molecule has 0 fully saturated rings. The number of carbonyl (C=O) groups excluding carboxylic acids is 3. The van der Waals surface area contributed by atoms with Crippen LogP contribution in [0.4, 0.5) is 4.39 Å². The molecule has 0 bridgehead atoms. The van der Waals surface area contributed by atoms with E-state index in [4.69, 9.17) is 11.5 Å². The Labute approximate surface area is 177 Å². The second kappa shape index (κ2) is 12.5. The molecule has 0 aliphatic rings. The number of rotatable bonds is 13. The minimum atomic E-state index is -1.12. The van der Waals surface area contributed by atoms with Gasteiger partial charge in [-0.3, -0.25) is 14.4 Å². The van der Waals surface area contributed by atoms with Crippen molar-refractivity contribution < 1.29 is 23.9 Å². The number of hydrogen-bond acceptors (Lipinski definition) is 6. The van der Waals surface area contributed by atoms with E-state index in [1.54, 1.807) is 32.0 Å². The van der Waals surface area contributed by atoms with Gasteiger partial charge in [0.15, 0.2) is 5.78 Å². The Morgan fingerprint density at radius 1 is 1.13 bits per heavy atom. The lowest BCUT2D eigenvalue weighted by atomic mass is 9.85. The van der Waals surface area contributed by atoms with Crippen molar-refractivity contribution in [3.63, 3.8) is 0 Å². The molecule has 0 saturated carbocycles. The van der Waals surface area contributed by atoms with E-state index in [9.17, 15) is 23.9 Å². The van der Waals surface area contributed by atoms with Crippen LogP contribution in [0.25, 0.3) is 0 Å². The maximum absolute atomic E-state index is 14.0. The molecule has 4 atom stereocenters. The van der Waals surface area contributed by atoms with Crippen LogP contribution in [0.2, 0.25) is 0 Å². The molecule has 1 aromatic carbocycles. The standard InChI is InChI=1S/C22H34FN3O4/c1-13(2)21(29)19(12-25)26-22(30)17(14(3)27)11-20(28)16(8-9-24)10-15-6-4-5-7-18(15)23/h4-7,13-14,16-17,19,27H,8-12,24-25H2,1-3H3,(H,26,30)/t14?,16?,17-,19-/m0/s1. The summed E-state index contributed by atoms with van der Waals surface area (Å²) >= 11 is 0. The molecule has 8 heteroatoms. The molecule has 7 nitrogen and oxygen atoms in total. The van der Waals surface area contributed by atoms with E-state index in [1.807, 2.05) is 0 Å². The number of halogens is 1. The van der Waals surface area contributed by atoms with Gasteiger partial charge in [0, 0.05) is 24.8 Å². The van der Waals surface area contributed by atoms with Gasteiger partial charge in [-0.05, 0) is 37.9 Å². The van der Waals surface area contributed by atoms with E-state index in [2.05, 4.69) is 5.32 Å². The first-order valence-corrected chi connectivity index (χ1v) is 10.3. The monoisotopic (exact) mass is 423 g/mol. The van der Waals surface area contributed by atoms with Gasteiger partial charge in [0.05, 0.1) is 18.1 Å². The number of amides is 1. The van der Waals surface area contributed by atoms with Gasteiger partial charge in [-0.1, -0.05) is 32.0 Å². The number of nitrogens with one attached hydrogen (secondary N) is 1. The number of aliphatic hydroxyl groups excluding tert-OH is 1. The van der Waals surface area contributed by atoms with Crippen LogP contribution in [-0.2, 0) is 20.8 Å². The summed E-state index contributed by atoms with van der Waals surface area (Å²) in [7, 11) is 0. The molecule has 1 aromatic rings. The lowest BCUT2D eigenvalue weighted by Crippen LogP contribution is -2.51. The van der Waals surface area contributed by atoms with Crippen LogP contribution < -0.4 is 16.8 Å². The van der Waals surface area contributed by atoms with Crippen LogP contribution >= 0.6 is 0 Å². The number of nitrogens with two attached hydrogens (primary N) is 2. The van der Waals surface area contributed by atoms with Crippen LogP contribution in [0.15, 0.2) is 24.3 Å². The summed E-state index contributed by atoms with van der Waals surface area (Å²) in [5.74, 6) is -3.47. The quantitative estimate of drug-likeness (QED) is 0.373. The van der Waals surface area contributed by atoms with Crippen molar-refractivity contribution in [3.05, 3.63) is 35.6 Å². The number of hydrogen-bond donors (Lipinski definition) is 4. The Morgan fingerprint density at radius 3 is 2.27 bits per heavy atom. The Bertz CT molecular complexity index is 724. The highest BCUT2D eigenvalue weighted by Gasteiger charge is 2.32. The van der Waals surface area contributed by atoms with Gasteiger partial charge in [-0.15, -0.1) is 0 Å². The second-order valence-corrected chi connectivity index (χ2v) is 7.94. The van der Waals surface area contributed by atoms with Crippen molar-refractivity contribution >= 4 is 17.5 Å². The van der Waals surface area contributed by atoms with Crippen molar-refractivity contribution in [1.82, 2.24) is 5.32 Å². The van der Waals surface area contributed by atoms with Gasteiger partial charge in [-0.25, -0.2) is 4.39 Å². The molecule has 1 rings (SSSR count). The fraction of sp³-hybridized carbons (Fsp3) is 0.591. The first-order valence-electron chi connectivity index (χ1n) is 10.3. The molecule has 0 spiro atoms. The summed E-state index contributed by atoms with van der Waals surface area (Å²) in [5, 5.41) is 12.7. The number of carbonyl (C=O) groups is 3. The van der Waals surface area contributed by atoms with E-state index >= 15 is 0 Å². The maximum Gasteiger partial charge on any atom is 0.226 e. The first kappa shape index (κ1) is 25.9. The van der Waals surface area contributed by atoms with E-state index in [-0.39, 0.29) is 43.4 Å². The van der Waals surface area contributed by atoms with Gasteiger partial charge in [-0.2, -0.15) is 0 Å². The van der Waals surface area contributed by atoms with Gasteiger partial charge < -0.3 is 21.9 Å². The molecule has 0 aliphatic heterocycles. The van der Waals surface area contributed by atoms with E-state index in [0.29, 0.717) is 12.0 Å². The molecule has 0 aromatic heterocycles. The SMILES string of the molecule is CC(C)C(=O)[C@H](CN)NC(=O)[C@@H](CC(=O)C(CCN)Cc1ccccc1F)C(C)O. The Kier molecular flexibility index (Phi) is 10.8. The van der Waals surface area contributed by atoms with Crippen molar-refractivity contribution in [1.29, 1.82) is 0 Å². The zero-order valence-electron chi connectivity index (χ0n) is 17.9. The summed E-state index contributed by atoms with van der Waals surface area (Å²) in [4.78, 5) is 37.8. The fourth-order valence-corrected chi connectivity index (χ4v) is 3.30. The number of Topliss-reactive ketones (excluding diaryl/α,β-unsaturated/α-hetero) is 2. The Balaban J connectivity index is 2.92. The average molecular weight is 424 g/mol. The number of ketones is 2. The molecule has 0 saturated heterocycles.